The average molecular weight is 294 g/mol. The average Bonchev–Trinajstić information content (AvgIpc) is 2.52. The van der Waals surface area contributed by atoms with E-state index in [0.29, 0.717) is 13.1 Å². The van der Waals surface area contributed by atoms with E-state index in [-0.39, 0.29) is 25.0 Å². The molecule has 0 fully saturated rings. The molecule has 0 saturated heterocycles. The highest BCUT2D eigenvalue weighted by Gasteiger charge is 2.13. The smallest absolute Gasteiger partial charge is 0.319 e. The van der Waals surface area contributed by atoms with Gasteiger partial charge in [-0.15, -0.1) is 0 Å². The SMILES string of the molecule is CCN(CC(=O)NCc1ccccc1OC)CC(=O)OC. The molecular weight excluding hydrogens is 272 g/mol. The summed E-state index contributed by atoms with van der Waals surface area (Å²) in [5.41, 5.74) is 0.907. The molecule has 0 bridgehead atoms. The number of nitrogens with one attached hydrogen (secondary N) is 1. The molecule has 6 nitrogen and oxygen atoms in total. The van der Waals surface area contributed by atoms with Gasteiger partial charge in [-0.1, -0.05) is 25.1 Å². The molecule has 1 aromatic rings. The summed E-state index contributed by atoms with van der Waals surface area (Å²) in [5.74, 6) is 0.237. The highest BCUT2D eigenvalue weighted by atomic mass is 16.5. The first-order chi connectivity index (χ1) is 10.1. The van der Waals surface area contributed by atoms with E-state index < -0.39 is 0 Å². The molecule has 0 spiro atoms. The molecule has 6 heteroatoms. The third-order valence-corrected chi connectivity index (χ3v) is 3.06. The number of esters is 1. The number of amides is 1. The highest BCUT2D eigenvalue weighted by Crippen LogP contribution is 2.16. The van der Waals surface area contributed by atoms with Crippen LogP contribution >= 0.6 is 0 Å². The molecule has 0 atom stereocenters. The van der Waals surface area contributed by atoms with Gasteiger partial charge < -0.3 is 14.8 Å². The quantitative estimate of drug-likeness (QED) is 0.719. The van der Waals surface area contributed by atoms with Crippen molar-refractivity contribution in [2.45, 2.75) is 13.5 Å². The third-order valence-electron chi connectivity index (χ3n) is 3.06. The van der Waals surface area contributed by atoms with Crippen LogP contribution in [0.2, 0.25) is 0 Å². The monoisotopic (exact) mass is 294 g/mol. The Bertz CT molecular complexity index is 476. The van der Waals surface area contributed by atoms with E-state index in [1.807, 2.05) is 31.2 Å². The van der Waals surface area contributed by atoms with Crippen LogP contribution in [0.25, 0.3) is 0 Å². The van der Waals surface area contributed by atoms with Gasteiger partial charge in [0.2, 0.25) is 5.91 Å². The topological polar surface area (TPSA) is 67.9 Å². The number of para-hydroxylation sites is 1. The van der Waals surface area contributed by atoms with Gasteiger partial charge in [-0.25, -0.2) is 0 Å². The maximum atomic E-state index is 11.9. The summed E-state index contributed by atoms with van der Waals surface area (Å²) in [6.45, 7) is 3.13. The van der Waals surface area contributed by atoms with E-state index in [4.69, 9.17) is 4.74 Å². The van der Waals surface area contributed by atoms with E-state index in [9.17, 15) is 9.59 Å². The lowest BCUT2D eigenvalue weighted by Gasteiger charge is -2.18. The Balaban J connectivity index is 2.47. The molecule has 0 heterocycles. The molecule has 1 N–H and O–H groups in total. The standard InChI is InChI=1S/C15H22N2O4/c1-4-17(11-15(19)21-3)10-14(18)16-9-12-7-5-6-8-13(12)20-2/h5-8H,4,9-11H2,1-3H3,(H,16,18). The molecule has 0 aliphatic rings. The molecule has 0 aliphatic heterocycles. The van der Waals surface area contributed by atoms with Crippen molar-refractivity contribution in [3.63, 3.8) is 0 Å². The van der Waals surface area contributed by atoms with Crippen LogP contribution in [0, 0.1) is 0 Å². The number of rotatable bonds is 8. The van der Waals surface area contributed by atoms with E-state index in [1.54, 1.807) is 12.0 Å². The number of benzene rings is 1. The van der Waals surface area contributed by atoms with Gasteiger partial charge in [0.25, 0.3) is 0 Å². The molecule has 116 valence electrons. The maximum absolute atomic E-state index is 11.9. The zero-order chi connectivity index (χ0) is 15.7. The van der Waals surface area contributed by atoms with Crippen LogP contribution in [0.3, 0.4) is 0 Å². The van der Waals surface area contributed by atoms with Gasteiger partial charge in [-0.2, -0.15) is 0 Å². The number of carbonyl (C=O) groups excluding carboxylic acids is 2. The second-order valence-corrected chi connectivity index (χ2v) is 4.47. The molecular formula is C15H22N2O4. The molecule has 1 amide bonds. The number of ether oxygens (including phenoxy) is 2. The van der Waals surface area contributed by atoms with Gasteiger partial charge in [0.1, 0.15) is 5.75 Å². The summed E-state index contributed by atoms with van der Waals surface area (Å²) >= 11 is 0. The zero-order valence-electron chi connectivity index (χ0n) is 12.7. The van der Waals surface area contributed by atoms with Crippen molar-refractivity contribution in [1.29, 1.82) is 0 Å². The van der Waals surface area contributed by atoms with E-state index in [1.165, 1.54) is 7.11 Å². The second-order valence-electron chi connectivity index (χ2n) is 4.47. The normalized spacial score (nSPS) is 10.3. The van der Waals surface area contributed by atoms with Crippen LogP contribution in [0.1, 0.15) is 12.5 Å². The molecule has 0 saturated carbocycles. The van der Waals surface area contributed by atoms with Gasteiger partial charge in [-0.3, -0.25) is 14.5 Å². The number of nitrogens with zero attached hydrogens (tertiary/aromatic N) is 1. The van der Waals surface area contributed by atoms with Gasteiger partial charge >= 0.3 is 5.97 Å². The Morgan fingerprint density at radius 2 is 1.90 bits per heavy atom. The molecule has 0 unspecified atom stereocenters. The van der Waals surface area contributed by atoms with Crippen molar-refractivity contribution in [1.82, 2.24) is 10.2 Å². The molecule has 21 heavy (non-hydrogen) atoms. The van der Waals surface area contributed by atoms with Gasteiger partial charge in [0.15, 0.2) is 0 Å². The fraction of sp³-hybridized carbons (Fsp3) is 0.467. The largest absolute Gasteiger partial charge is 0.496 e. The van der Waals surface area contributed by atoms with Gasteiger partial charge in [0, 0.05) is 12.1 Å². The van der Waals surface area contributed by atoms with Crippen molar-refractivity contribution >= 4 is 11.9 Å². The molecule has 1 rings (SSSR count). The molecule has 0 radical (unpaired) electrons. The first kappa shape index (κ1) is 17.0. The maximum Gasteiger partial charge on any atom is 0.319 e. The second kappa shape index (κ2) is 8.97. The van der Waals surface area contributed by atoms with Crippen LogP contribution in [-0.2, 0) is 20.9 Å². The van der Waals surface area contributed by atoms with Crippen molar-refractivity contribution in [3.8, 4) is 5.75 Å². The van der Waals surface area contributed by atoms with Crippen LogP contribution in [0.15, 0.2) is 24.3 Å². The number of methoxy groups -OCH3 is 2. The lowest BCUT2D eigenvalue weighted by molar-refractivity contribution is -0.142. The van der Waals surface area contributed by atoms with Crippen molar-refractivity contribution in [3.05, 3.63) is 29.8 Å². The summed E-state index contributed by atoms with van der Waals surface area (Å²) in [5, 5.41) is 2.82. The van der Waals surface area contributed by atoms with Gasteiger partial charge in [0.05, 0.1) is 27.3 Å². The predicted octanol–water partition coefficient (Wildman–Crippen LogP) is 0.806. The van der Waals surface area contributed by atoms with E-state index >= 15 is 0 Å². The minimum atomic E-state index is -0.352. The predicted molar refractivity (Wildman–Crippen MR) is 79.0 cm³/mol. The fourth-order valence-corrected chi connectivity index (χ4v) is 1.83. The lowest BCUT2D eigenvalue weighted by atomic mass is 10.2. The first-order valence-electron chi connectivity index (χ1n) is 6.78. The summed E-state index contributed by atoms with van der Waals surface area (Å²) in [4.78, 5) is 24.8. The fourth-order valence-electron chi connectivity index (χ4n) is 1.83. The summed E-state index contributed by atoms with van der Waals surface area (Å²) in [6, 6.07) is 7.50. The summed E-state index contributed by atoms with van der Waals surface area (Å²) in [6.07, 6.45) is 0. The Labute approximate surface area is 125 Å². The first-order valence-corrected chi connectivity index (χ1v) is 6.78. The summed E-state index contributed by atoms with van der Waals surface area (Å²) < 4.78 is 9.82. The zero-order valence-corrected chi connectivity index (χ0v) is 12.7. The van der Waals surface area contributed by atoms with Crippen LogP contribution < -0.4 is 10.1 Å². The molecule has 0 aliphatic carbocycles. The van der Waals surface area contributed by atoms with E-state index in [0.717, 1.165) is 11.3 Å². The minimum absolute atomic E-state index is 0.106. The minimum Gasteiger partial charge on any atom is -0.496 e. The van der Waals surface area contributed by atoms with Crippen LogP contribution in [-0.4, -0.2) is 50.6 Å². The summed E-state index contributed by atoms with van der Waals surface area (Å²) in [7, 11) is 2.92. The van der Waals surface area contributed by atoms with Crippen molar-refractivity contribution in [2.24, 2.45) is 0 Å². The van der Waals surface area contributed by atoms with Crippen molar-refractivity contribution < 1.29 is 19.1 Å². The Morgan fingerprint density at radius 3 is 2.52 bits per heavy atom. The number of hydrogen-bond donors (Lipinski definition) is 1. The van der Waals surface area contributed by atoms with Gasteiger partial charge in [-0.05, 0) is 12.6 Å². The van der Waals surface area contributed by atoms with E-state index in [2.05, 4.69) is 10.1 Å². The Morgan fingerprint density at radius 1 is 1.19 bits per heavy atom. The third kappa shape index (κ3) is 5.83. The molecule has 1 aromatic carbocycles. The van der Waals surface area contributed by atoms with Crippen molar-refractivity contribution in [2.75, 3.05) is 33.9 Å². The highest BCUT2D eigenvalue weighted by molar-refractivity contribution is 5.79. The Hall–Kier alpha value is -2.08. The Kier molecular flexibility index (Phi) is 7.25. The number of hydrogen-bond acceptors (Lipinski definition) is 5. The lowest BCUT2D eigenvalue weighted by Crippen LogP contribution is -2.39. The van der Waals surface area contributed by atoms with Crippen LogP contribution in [0.5, 0.6) is 5.75 Å². The number of likely N-dealkylation sites (N-methyl/N-ethyl adjacent to an activating group) is 1. The molecule has 0 aromatic heterocycles. The van der Waals surface area contributed by atoms with Crippen LogP contribution in [0.4, 0.5) is 0 Å². The number of carbonyl (C=O) groups is 2.